The number of aromatic amines is 1. The molecule has 0 amide bonds. The van der Waals surface area contributed by atoms with Gasteiger partial charge in [-0.1, -0.05) is 128 Å². The van der Waals surface area contributed by atoms with Gasteiger partial charge >= 0.3 is 35.6 Å². The van der Waals surface area contributed by atoms with Gasteiger partial charge in [0.2, 0.25) is 0 Å². The summed E-state index contributed by atoms with van der Waals surface area (Å²) in [5.41, 5.74) is 0.553. The molecule has 5 rings (SSSR count). The molecule has 21 nitrogen and oxygen atoms in total. The number of aromatic nitrogens is 4. The maximum absolute atomic E-state index is 14.0. The number of imidazole rings is 1. The lowest BCUT2D eigenvalue weighted by Crippen LogP contribution is -2.16. The third kappa shape index (κ3) is 20.6. The number of nitrogens with zero attached hydrogens (tertiary/aromatic N) is 3. The van der Waals surface area contributed by atoms with E-state index in [4.69, 9.17) is 36.8 Å². The zero-order valence-corrected chi connectivity index (χ0v) is 42.6. The Balaban J connectivity index is 1.09. The fourth-order valence-electron chi connectivity index (χ4n) is 7.34. The number of unbranched alkanes of at least 4 members (excludes halogenated alkanes) is 14. The van der Waals surface area contributed by atoms with Crippen LogP contribution in [0.4, 0.5) is 4.79 Å². The van der Waals surface area contributed by atoms with E-state index in [-0.39, 0.29) is 35.7 Å². The molecule has 5 atom stereocenters. The van der Waals surface area contributed by atoms with E-state index in [2.05, 4.69) is 26.2 Å². The highest BCUT2D eigenvalue weighted by molar-refractivity contribution is 7.67. The Morgan fingerprint density at radius 2 is 1.26 bits per heavy atom. The molecule has 0 radical (unpaired) electrons. The number of rotatable bonds is 34. The highest BCUT2D eigenvalue weighted by atomic mass is 31.3. The van der Waals surface area contributed by atoms with E-state index in [9.17, 15) is 37.9 Å². The molecule has 3 N–H and O–H groups in total. The summed E-state index contributed by atoms with van der Waals surface area (Å²) in [6.45, 7) is 2.71. The number of carbonyl (C=O) groups is 2. The minimum Gasteiger partial charge on any atom is -0.434 e. The highest BCUT2D eigenvalue weighted by Crippen LogP contribution is 2.69. The lowest BCUT2D eigenvalue weighted by molar-refractivity contribution is -0.134. The zero-order valence-electron chi connectivity index (χ0n) is 39.9. The molecular weight excluding hydrogens is 973 g/mol. The number of carbonyl (C=O) groups excluding carboxylic acids is 2. The van der Waals surface area contributed by atoms with Crippen LogP contribution in [0.15, 0.2) is 66.0 Å². The molecule has 0 spiro atoms. The summed E-state index contributed by atoms with van der Waals surface area (Å²) in [5.74, 6) is -0.0460. The molecule has 0 saturated carbocycles. The number of esters is 1. The minimum absolute atomic E-state index is 0.0909. The molecule has 4 aromatic rings. The minimum atomic E-state index is -5.78. The summed E-state index contributed by atoms with van der Waals surface area (Å²) in [7, 11) is -16.4. The molecule has 24 heteroatoms. The third-order valence-electron chi connectivity index (χ3n) is 11.1. The summed E-state index contributed by atoms with van der Waals surface area (Å²) in [4.78, 5) is 68.1. The normalized spacial score (nSPS) is 17.4. The van der Waals surface area contributed by atoms with Crippen LogP contribution in [0.2, 0.25) is 0 Å². The largest absolute Gasteiger partial charge is 0.513 e. The van der Waals surface area contributed by atoms with Gasteiger partial charge in [-0.2, -0.15) is 8.62 Å². The zero-order chi connectivity index (χ0) is 50.2. The third-order valence-corrected chi connectivity index (χ3v) is 15.7. The number of hydrogen-bond acceptors (Lipinski definition) is 17. The first kappa shape index (κ1) is 56.8. The first-order valence-corrected chi connectivity index (χ1v) is 28.5. The molecule has 1 aliphatic rings. The summed E-state index contributed by atoms with van der Waals surface area (Å²) in [6, 6.07) is 11.6. The van der Waals surface area contributed by atoms with Crippen molar-refractivity contribution in [2.24, 2.45) is 0 Å². The van der Waals surface area contributed by atoms with E-state index in [1.807, 2.05) is 6.92 Å². The smallest absolute Gasteiger partial charge is 0.434 e. The van der Waals surface area contributed by atoms with Gasteiger partial charge in [0.15, 0.2) is 11.2 Å². The molecule has 0 bridgehead atoms. The Kier molecular flexibility index (Phi) is 23.9. The lowest BCUT2D eigenvalue weighted by Gasteiger charge is -2.22. The van der Waals surface area contributed by atoms with Crippen LogP contribution in [0.3, 0.4) is 0 Å². The average Bonchev–Trinajstić information content (AvgIpc) is 3.99. The Morgan fingerprint density at radius 3 is 1.84 bits per heavy atom. The van der Waals surface area contributed by atoms with E-state index in [1.165, 1.54) is 130 Å². The van der Waals surface area contributed by atoms with E-state index in [0.29, 0.717) is 36.8 Å². The van der Waals surface area contributed by atoms with Gasteiger partial charge in [-0.15, -0.1) is 0 Å². The van der Waals surface area contributed by atoms with Gasteiger partial charge in [-0.3, -0.25) is 27.7 Å². The first-order chi connectivity index (χ1) is 33.7. The fourth-order valence-corrected chi connectivity index (χ4v) is 11.4. The standard InChI is InChI=1S/C46H67N4O17P3/c1-3-5-7-8-9-10-11-12-13-14-15-16-17-18-30-59-46(53)65-39-26-22-37(23-27-39)32-62-70(58,61-31-36-20-24-38(25-21-36)64-42(51)19-6-4-2)67-69(56,57)66-68(54,55)60-33-40-28-29-41(63-40)50-35-49-43-44(50)47-34-48-45(43)52/h20-27,34-35,40-41H,3-19,28-33H2,1-2H3,(H,54,55)(H,56,57)(H,47,48,52)/t40-,41+,70?/m0/s1. The monoisotopic (exact) mass is 1040 g/mol. The van der Waals surface area contributed by atoms with Gasteiger partial charge in [0, 0.05) is 6.42 Å². The summed E-state index contributed by atoms with van der Waals surface area (Å²) in [6.07, 6.45) is 19.5. The Bertz CT molecular complexity index is 2420. The van der Waals surface area contributed by atoms with Crippen LogP contribution in [-0.2, 0) is 63.4 Å². The molecule has 1 aliphatic heterocycles. The van der Waals surface area contributed by atoms with E-state index >= 15 is 0 Å². The van der Waals surface area contributed by atoms with Crippen molar-refractivity contribution in [1.82, 2.24) is 19.5 Å². The number of phosphoric acid groups is 3. The van der Waals surface area contributed by atoms with Crippen molar-refractivity contribution < 1.29 is 74.2 Å². The molecule has 70 heavy (non-hydrogen) atoms. The molecule has 3 unspecified atom stereocenters. The number of benzene rings is 2. The number of hydrogen-bond donors (Lipinski definition) is 3. The van der Waals surface area contributed by atoms with E-state index in [0.717, 1.165) is 25.7 Å². The van der Waals surface area contributed by atoms with Gasteiger partial charge in [0.25, 0.3) is 5.56 Å². The van der Waals surface area contributed by atoms with Gasteiger partial charge in [0.1, 0.15) is 17.7 Å². The van der Waals surface area contributed by atoms with Crippen molar-refractivity contribution in [3.63, 3.8) is 0 Å². The number of fused-ring (bicyclic) bond motifs is 1. The molecule has 388 valence electrons. The average molecular weight is 1040 g/mol. The van der Waals surface area contributed by atoms with Gasteiger partial charge in [-0.05, 0) is 61.1 Å². The molecule has 2 aromatic heterocycles. The van der Waals surface area contributed by atoms with Crippen LogP contribution in [-0.4, -0.2) is 60.7 Å². The number of nitrogens with one attached hydrogen (secondary N) is 1. The summed E-state index contributed by atoms with van der Waals surface area (Å²) >= 11 is 0. The van der Waals surface area contributed by atoms with Gasteiger partial charge in [-0.25, -0.2) is 28.5 Å². The van der Waals surface area contributed by atoms with Crippen molar-refractivity contribution >= 4 is 46.8 Å². The fraction of sp³-hybridized carbons (Fsp3) is 0.587. The maximum atomic E-state index is 14.0. The number of phosphoric ester groups is 2. The van der Waals surface area contributed by atoms with E-state index in [1.54, 1.807) is 0 Å². The van der Waals surface area contributed by atoms with Crippen LogP contribution >= 0.6 is 23.5 Å². The van der Waals surface area contributed by atoms with Crippen molar-refractivity contribution in [3.05, 3.63) is 82.7 Å². The highest BCUT2D eigenvalue weighted by Gasteiger charge is 2.44. The Labute approximate surface area is 408 Å². The van der Waals surface area contributed by atoms with E-state index < -0.39 is 73.3 Å². The van der Waals surface area contributed by atoms with Crippen LogP contribution in [0.25, 0.3) is 11.2 Å². The quantitative estimate of drug-likeness (QED) is 0.0129. The van der Waals surface area contributed by atoms with Crippen LogP contribution in [0.5, 0.6) is 11.5 Å². The van der Waals surface area contributed by atoms with Crippen molar-refractivity contribution in [3.8, 4) is 11.5 Å². The van der Waals surface area contributed by atoms with Crippen molar-refractivity contribution in [1.29, 1.82) is 0 Å². The lowest BCUT2D eigenvalue weighted by atomic mass is 10.0. The molecule has 3 heterocycles. The summed E-state index contributed by atoms with van der Waals surface area (Å²) in [5, 5.41) is 0. The molecular formula is C46H67N4O17P3. The predicted octanol–water partition coefficient (Wildman–Crippen LogP) is 11.7. The SMILES string of the molecule is CCCCCCCCCCCCCCCCOC(=O)Oc1ccc(COP(=O)(OCc2ccc(OC(=O)CCCC)cc2)OP(=O)(O)OP(=O)(O)OC[C@@H]2CC[C@H](n3cnc4c(=O)[nH]cnc43)O2)cc1. The number of H-pyrrole nitrogens is 1. The molecule has 2 aromatic carbocycles. The molecule has 1 fully saturated rings. The van der Waals surface area contributed by atoms with Crippen molar-refractivity contribution in [2.75, 3.05) is 13.2 Å². The Hall–Kier alpha value is -4.10. The molecule has 1 saturated heterocycles. The van der Waals surface area contributed by atoms with Crippen LogP contribution in [0, 0.1) is 0 Å². The molecule has 0 aliphatic carbocycles. The second kappa shape index (κ2) is 29.4. The van der Waals surface area contributed by atoms with Crippen LogP contribution in [0.1, 0.15) is 153 Å². The van der Waals surface area contributed by atoms with Crippen LogP contribution < -0.4 is 15.0 Å². The van der Waals surface area contributed by atoms with Crippen molar-refractivity contribution in [2.45, 2.75) is 161 Å². The van der Waals surface area contributed by atoms with Gasteiger partial charge < -0.3 is 33.7 Å². The second-order valence-electron chi connectivity index (χ2n) is 16.9. The van der Waals surface area contributed by atoms with Gasteiger partial charge in [0.05, 0.1) is 45.2 Å². The Morgan fingerprint density at radius 1 is 0.700 bits per heavy atom. The number of ether oxygens (including phenoxy) is 4. The summed E-state index contributed by atoms with van der Waals surface area (Å²) < 4.78 is 88.5. The maximum Gasteiger partial charge on any atom is 0.513 e. The predicted molar refractivity (Wildman–Crippen MR) is 257 cm³/mol. The topological polar surface area (TPSA) is 272 Å². The first-order valence-electron chi connectivity index (χ1n) is 24.1. The second-order valence-corrected chi connectivity index (χ2v) is 21.7.